The van der Waals surface area contributed by atoms with Crippen LogP contribution in [0.15, 0.2) is 24.5 Å². The Morgan fingerprint density at radius 2 is 2.40 bits per heavy atom. The Kier molecular flexibility index (Phi) is 2.87. The third-order valence-electron chi connectivity index (χ3n) is 2.13. The molecule has 2 aromatic heterocycles. The number of aliphatic hydroxyl groups is 1. The first-order valence-electron chi connectivity index (χ1n) is 4.99. The Labute approximate surface area is 88.1 Å². The molecule has 0 aliphatic rings. The lowest BCUT2D eigenvalue weighted by molar-refractivity contribution is 0.234. The molecule has 0 amide bonds. The SMILES string of the molecule is Cc1cn2cccc(OCCCO)c2n1. The molecule has 0 spiro atoms. The van der Waals surface area contributed by atoms with Crippen LogP contribution in [0.25, 0.3) is 5.65 Å². The molecule has 2 aromatic rings. The van der Waals surface area contributed by atoms with Gasteiger partial charge in [0.2, 0.25) is 0 Å². The number of ether oxygens (including phenoxy) is 1. The molecule has 0 aliphatic heterocycles. The van der Waals surface area contributed by atoms with Gasteiger partial charge in [0.1, 0.15) is 0 Å². The fourth-order valence-corrected chi connectivity index (χ4v) is 1.47. The zero-order valence-corrected chi connectivity index (χ0v) is 8.68. The standard InChI is InChI=1S/C11H14N2O2/c1-9-8-13-5-2-4-10(11(13)12-9)15-7-3-6-14/h2,4-5,8,14H,3,6-7H2,1H3. The van der Waals surface area contributed by atoms with Crippen LogP contribution in [0.5, 0.6) is 5.75 Å². The molecule has 0 unspecified atom stereocenters. The minimum absolute atomic E-state index is 0.149. The van der Waals surface area contributed by atoms with E-state index in [4.69, 9.17) is 9.84 Å². The van der Waals surface area contributed by atoms with Crippen LogP contribution < -0.4 is 4.74 Å². The number of aryl methyl sites for hydroxylation is 1. The van der Waals surface area contributed by atoms with Gasteiger partial charge >= 0.3 is 0 Å². The maximum absolute atomic E-state index is 8.66. The second-order valence-corrected chi connectivity index (χ2v) is 3.41. The molecule has 2 heterocycles. The van der Waals surface area contributed by atoms with Crippen molar-refractivity contribution < 1.29 is 9.84 Å². The lowest BCUT2D eigenvalue weighted by Gasteiger charge is -2.05. The van der Waals surface area contributed by atoms with E-state index in [2.05, 4.69) is 4.98 Å². The maximum atomic E-state index is 8.66. The summed E-state index contributed by atoms with van der Waals surface area (Å²) in [6, 6.07) is 3.81. The normalized spacial score (nSPS) is 10.8. The molecule has 0 saturated carbocycles. The number of hydrogen-bond donors (Lipinski definition) is 1. The van der Waals surface area contributed by atoms with Crippen molar-refractivity contribution in [3.05, 3.63) is 30.2 Å². The Balaban J connectivity index is 2.25. The van der Waals surface area contributed by atoms with Gasteiger partial charge in [0.15, 0.2) is 11.4 Å². The Morgan fingerprint density at radius 1 is 1.53 bits per heavy atom. The molecule has 0 fully saturated rings. The number of aliphatic hydroxyl groups excluding tert-OH is 1. The topological polar surface area (TPSA) is 46.8 Å². The quantitative estimate of drug-likeness (QED) is 0.769. The molecule has 0 bridgehead atoms. The molecular weight excluding hydrogens is 192 g/mol. The van der Waals surface area contributed by atoms with E-state index in [-0.39, 0.29) is 6.61 Å². The number of nitrogens with zero attached hydrogens (tertiary/aromatic N) is 2. The van der Waals surface area contributed by atoms with Crippen molar-refractivity contribution in [1.29, 1.82) is 0 Å². The van der Waals surface area contributed by atoms with Gasteiger partial charge in [-0.3, -0.25) is 0 Å². The Morgan fingerprint density at radius 3 is 3.20 bits per heavy atom. The zero-order chi connectivity index (χ0) is 10.7. The lowest BCUT2D eigenvalue weighted by atomic mass is 10.4. The number of hydrogen-bond acceptors (Lipinski definition) is 3. The van der Waals surface area contributed by atoms with Crippen molar-refractivity contribution in [2.75, 3.05) is 13.2 Å². The van der Waals surface area contributed by atoms with Crippen LogP contribution in [0.1, 0.15) is 12.1 Å². The monoisotopic (exact) mass is 206 g/mol. The number of imidazole rings is 1. The summed E-state index contributed by atoms with van der Waals surface area (Å²) in [5.41, 5.74) is 1.79. The summed E-state index contributed by atoms with van der Waals surface area (Å²) in [5, 5.41) is 8.66. The van der Waals surface area contributed by atoms with E-state index in [0.717, 1.165) is 17.1 Å². The van der Waals surface area contributed by atoms with E-state index in [9.17, 15) is 0 Å². The van der Waals surface area contributed by atoms with Gasteiger partial charge in [-0.25, -0.2) is 4.98 Å². The summed E-state index contributed by atoms with van der Waals surface area (Å²) in [5.74, 6) is 0.763. The summed E-state index contributed by atoms with van der Waals surface area (Å²) in [6.07, 6.45) is 4.53. The van der Waals surface area contributed by atoms with Crippen LogP contribution >= 0.6 is 0 Å². The van der Waals surface area contributed by atoms with Crippen molar-refractivity contribution in [2.45, 2.75) is 13.3 Å². The van der Waals surface area contributed by atoms with Crippen LogP contribution in [0, 0.1) is 6.92 Å². The minimum Gasteiger partial charge on any atom is -0.490 e. The summed E-state index contributed by atoms with van der Waals surface area (Å²) in [4.78, 5) is 4.37. The fraction of sp³-hybridized carbons (Fsp3) is 0.364. The highest BCUT2D eigenvalue weighted by molar-refractivity contribution is 5.54. The van der Waals surface area contributed by atoms with Gasteiger partial charge in [0.25, 0.3) is 0 Å². The highest BCUT2D eigenvalue weighted by Crippen LogP contribution is 2.18. The fourth-order valence-electron chi connectivity index (χ4n) is 1.47. The predicted molar refractivity (Wildman–Crippen MR) is 57.1 cm³/mol. The molecule has 4 nitrogen and oxygen atoms in total. The van der Waals surface area contributed by atoms with Crippen molar-refractivity contribution in [3.63, 3.8) is 0 Å². The minimum atomic E-state index is 0.149. The molecule has 0 saturated heterocycles. The first kappa shape index (κ1) is 9.98. The van der Waals surface area contributed by atoms with Gasteiger partial charge in [-0.15, -0.1) is 0 Å². The number of aromatic nitrogens is 2. The highest BCUT2D eigenvalue weighted by atomic mass is 16.5. The van der Waals surface area contributed by atoms with Crippen LogP contribution in [0.3, 0.4) is 0 Å². The van der Waals surface area contributed by atoms with Gasteiger partial charge in [-0.2, -0.15) is 0 Å². The third-order valence-corrected chi connectivity index (χ3v) is 2.13. The molecule has 4 heteroatoms. The number of rotatable bonds is 4. The molecule has 1 N–H and O–H groups in total. The Hall–Kier alpha value is -1.55. The zero-order valence-electron chi connectivity index (χ0n) is 8.68. The average molecular weight is 206 g/mol. The van der Waals surface area contributed by atoms with Crippen LogP contribution in [0.4, 0.5) is 0 Å². The molecule has 80 valence electrons. The summed E-state index contributed by atoms with van der Waals surface area (Å²) < 4.78 is 7.46. The van der Waals surface area contributed by atoms with E-state index in [1.807, 2.05) is 35.9 Å². The van der Waals surface area contributed by atoms with Crippen LogP contribution in [0.2, 0.25) is 0 Å². The molecule has 0 radical (unpaired) electrons. The summed E-state index contributed by atoms with van der Waals surface area (Å²) >= 11 is 0. The molecule has 0 aliphatic carbocycles. The van der Waals surface area contributed by atoms with Crippen molar-refractivity contribution in [1.82, 2.24) is 9.38 Å². The van der Waals surface area contributed by atoms with Gasteiger partial charge in [0, 0.05) is 25.4 Å². The van der Waals surface area contributed by atoms with Gasteiger partial charge in [-0.05, 0) is 19.1 Å². The number of pyridine rings is 1. The van der Waals surface area contributed by atoms with E-state index < -0.39 is 0 Å². The maximum Gasteiger partial charge on any atom is 0.179 e. The Bertz CT molecular complexity index is 451. The van der Waals surface area contributed by atoms with Crippen LogP contribution in [-0.2, 0) is 0 Å². The third kappa shape index (κ3) is 2.10. The number of fused-ring (bicyclic) bond motifs is 1. The molecule has 0 atom stereocenters. The molecule has 2 rings (SSSR count). The molecular formula is C11H14N2O2. The van der Waals surface area contributed by atoms with Gasteiger partial charge < -0.3 is 14.2 Å². The molecule has 0 aromatic carbocycles. The van der Waals surface area contributed by atoms with Gasteiger partial charge in [0.05, 0.1) is 12.3 Å². The van der Waals surface area contributed by atoms with Crippen molar-refractivity contribution in [3.8, 4) is 5.75 Å². The highest BCUT2D eigenvalue weighted by Gasteiger charge is 2.04. The second kappa shape index (κ2) is 4.31. The van der Waals surface area contributed by atoms with Crippen LogP contribution in [-0.4, -0.2) is 27.7 Å². The summed E-state index contributed by atoms with van der Waals surface area (Å²) in [6.45, 7) is 2.61. The molecule has 15 heavy (non-hydrogen) atoms. The van der Waals surface area contributed by atoms with E-state index in [0.29, 0.717) is 13.0 Å². The van der Waals surface area contributed by atoms with E-state index in [1.165, 1.54) is 0 Å². The summed E-state index contributed by atoms with van der Waals surface area (Å²) in [7, 11) is 0. The largest absolute Gasteiger partial charge is 0.490 e. The average Bonchev–Trinajstić information content (AvgIpc) is 2.59. The van der Waals surface area contributed by atoms with E-state index in [1.54, 1.807) is 0 Å². The first-order chi connectivity index (χ1) is 7.31. The first-order valence-corrected chi connectivity index (χ1v) is 4.99. The van der Waals surface area contributed by atoms with Crippen molar-refractivity contribution >= 4 is 5.65 Å². The second-order valence-electron chi connectivity index (χ2n) is 3.41. The smallest absolute Gasteiger partial charge is 0.179 e. The lowest BCUT2D eigenvalue weighted by Crippen LogP contribution is -2.01. The van der Waals surface area contributed by atoms with Crippen molar-refractivity contribution in [2.24, 2.45) is 0 Å². The van der Waals surface area contributed by atoms with Gasteiger partial charge in [-0.1, -0.05) is 0 Å². The predicted octanol–water partition coefficient (Wildman–Crippen LogP) is 1.40. The van der Waals surface area contributed by atoms with E-state index >= 15 is 0 Å².